The molecule has 0 spiro atoms. The number of nitrogens with zero attached hydrogens (tertiary/aromatic N) is 2. The van der Waals surface area contributed by atoms with Crippen LogP contribution < -0.4 is 10.5 Å². The van der Waals surface area contributed by atoms with E-state index in [4.69, 9.17) is 22.1 Å². The Morgan fingerprint density at radius 2 is 2.05 bits per heavy atom. The van der Waals surface area contributed by atoms with E-state index in [0.717, 1.165) is 18.8 Å². The van der Waals surface area contributed by atoms with Crippen LogP contribution in [-0.2, 0) is 0 Å². The Hall–Kier alpha value is -0.690. The van der Waals surface area contributed by atoms with Gasteiger partial charge in [0.05, 0.1) is 6.54 Å². The average Bonchev–Trinajstić information content (AvgIpc) is 2.38. The Morgan fingerprint density at radius 1 is 1.40 bits per heavy atom. The number of hydrogen-bond donors (Lipinski definition) is 1. The summed E-state index contributed by atoms with van der Waals surface area (Å²) in [6, 6.07) is 7.34. The second-order valence-electron chi connectivity index (χ2n) is 4.26. The molecule has 0 aromatic heterocycles. The molecule has 0 saturated carbocycles. The second-order valence-corrected chi connectivity index (χ2v) is 4.69. The summed E-state index contributed by atoms with van der Waals surface area (Å²) in [4.78, 5) is 6.35. The summed E-state index contributed by atoms with van der Waals surface area (Å²) in [5.41, 5.74) is 5.90. The molecule has 114 valence electrons. The fourth-order valence-electron chi connectivity index (χ4n) is 1.68. The van der Waals surface area contributed by atoms with Gasteiger partial charge in [0, 0.05) is 18.1 Å². The van der Waals surface area contributed by atoms with Crippen LogP contribution in [0.5, 0.6) is 5.75 Å². The SMILES string of the molecule is CCN(CC)C(N)=NCC(C)Oc1cccc(Cl)c1.I. The third-order valence-corrected chi connectivity index (χ3v) is 2.97. The molecule has 0 aliphatic carbocycles. The fraction of sp³-hybridized carbons (Fsp3) is 0.500. The molecule has 2 N–H and O–H groups in total. The lowest BCUT2D eigenvalue weighted by Gasteiger charge is -2.20. The molecule has 1 atom stereocenters. The Balaban J connectivity index is 0.00000361. The first kappa shape index (κ1) is 19.3. The highest BCUT2D eigenvalue weighted by Gasteiger charge is 2.06. The van der Waals surface area contributed by atoms with Gasteiger partial charge in [-0.2, -0.15) is 0 Å². The van der Waals surface area contributed by atoms with Crippen LogP contribution in [0.1, 0.15) is 20.8 Å². The zero-order valence-corrected chi connectivity index (χ0v) is 15.3. The van der Waals surface area contributed by atoms with E-state index in [1.807, 2.05) is 30.0 Å². The first-order valence-corrected chi connectivity index (χ1v) is 6.91. The van der Waals surface area contributed by atoms with Gasteiger partial charge in [0.25, 0.3) is 0 Å². The van der Waals surface area contributed by atoms with Gasteiger partial charge in [-0.15, -0.1) is 24.0 Å². The average molecular weight is 412 g/mol. The summed E-state index contributed by atoms with van der Waals surface area (Å²) in [5.74, 6) is 1.31. The lowest BCUT2D eigenvalue weighted by Crippen LogP contribution is -2.37. The third-order valence-electron chi connectivity index (χ3n) is 2.73. The largest absolute Gasteiger partial charge is 0.489 e. The van der Waals surface area contributed by atoms with Crippen molar-refractivity contribution in [2.45, 2.75) is 26.9 Å². The second kappa shape index (κ2) is 10.1. The number of hydrogen-bond acceptors (Lipinski definition) is 2. The van der Waals surface area contributed by atoms with Crippen molar-refractivity contribution in [3.63, 3.8) is 0 Å². The molecule has 0 fully saturated rings. The molecule has 20 heavy (non-hydrogen) atoms. The summed E-state index contributed by atoms with van der Waals surface area (Å²) >= 11 is 5.90. The van der Waals surface area contributed by atoms with Crippen molar-refractivity contribution in [1.29, 1.82) is 0 Å². The Labute approximate surface area is 143 Å². The zero-order valence-electron chi connectivity index (χ0n) is 12.2. The minimum absolute atomic E-state index is 0. The summed E-state index contributed by atoms with van der Waals surface area (Å²) in [6.45, 7) is 8.30. The number of rotatable bonds is 6. The highest BCUT2D eigenvalue weighted by atomic mass is 127. The van der Waals surface area contributed by atoms with Crippen LogP contribution in [0.3, 0.4) is 0 Å². The molecular weight excluding hydrogens is 389 g/mol. The molecule has 0 radical (unpaired) electrons. The van der Waals surface area contributed by atoms with Crippen molar-refractivity contribution in [2.75, 3.05) is 19.6 Å². The monoisotopic (exact) mass is 411 g/mol. The number of benzene rings is 1. The molecule has 1 rings (SSSR count). The van der Waals surface area contributed by atoms with Gasteiger partial charge in [-0.3, -0.25) is 0 Å². The normalized spacial score (nSPS) is 12.5. The van der Waals surface area contributed by atoms with E-state index in [-0.39, 0.29) is 30.1 Å². The summed E-state index contributed by atoms with van der Waals surface area (Å²) < 4.78 is 5.73. The molecule has 0 aliphatic rings. The molecule has 0 saturated heterocycles. The van der Waals surface area contributed by atoms with Crippen molar-refractivity contribution >= 4 is 41.5 Å². The predicted molar refractivity (Wildman–Crippen MR) is 96.4 cm³/mol. The van der Waals surface area contributed by atoms with E-state index in [9.17, 15) is 0 Å². The standard InChI is InChI=1S/C14H22ClN3O.HI/c1-4-18(5-2)14(16)17-10-11(3)19-13-8-6-7-12(15)9-13;/h6-9,11H,4-5,10H2,1-3H3,(H2,16,17);1H. The van der Waals surface area contributed by atoms with Crippen LogP contribution in [0, 0.1) is 0 Å². The van der Waals surface area contributed by atoms with Crippen molar-refractivity contribution in [3.05, 3.63) is 29.3 Å². The quantitative estimate of drug-likeness (QED) is 0.443. The lowest BCUT2D eigenvalue weighted by atomic mass is 10.3. The highest BCUT2D eigenvalue weighted by Crippen LogP contribution is 2.18. The van der Waals surface area contributed by atoms with Crippen LogP contribution in [-0.4, -0.2) is 36.6 Å². The van der Waals surface area contributed by atoms with Gasteiger partial charge in [-0.05, 0) is 39.0 Å². The number of ether oxygens (including phenoxy) is 1. The number of guanidine groups is 1. The van der Waals surface area contributed by atoms with Gasteiger partial charge in [0.2, 0.25) is 0 Å². The van der Waals surface area contributed by atoms with Gasteiger partial charge in [0.1, 0.15) is 11.9 Å². The first-order chi connectivity index (χ1) is 9.06. The molecular formula is C14H23ClIN3O. The van der Waals surface area contributed by atoms with E-state index < -0.39 is 0 Å². The molecule has 4 nitrogen and oxygen atoms in total. The van der Waals surface area contributed by atoms with Crippen molar-refractivity contribution < 1.29 is 4.74 Å². The van der Waals surface area contributed by atoms with Gasteiger partial charge >= 0.3 is 0 Å². The Bertz CT molecular complexity index is 425. The summed E-state index contributed by atoms with van der Waals surface area (Å²) in [6.07, 6.45) is -0.0485. The Kier molecular flexibility index (Phi) is 9.75. The summed E-state index contributed by atoms with van der Waals surface area (Å²) in [7, 11) is 0. The molecule has 1 aromatic carbocycles. The Morgan fingerprint density at radius 3 is 2.60 bits per heavy atom. The van der Waals surface area contributed by atoms with Crippen molar-refractivity contribution in [3.8, 4) is 5.75 Å². The summed E-state index contributed by atoms with van der Waals surface area (Å²) in [5, 5.41) is 0.663. The molecule has 6 heteroatoms. The van der Waals surface area contributed by atoms with Gasteiger partial charge < -0.3 is 15.4 Å². The molecule has 0 aliphatic heterocycles. The van der Waals surface area contributed by atoms with E-state index >= 15 is 0 Å². The molecule has 1 aromatic rings. The van der Waals surface area contributed by atoms with Crippen molar-refractivity contribution in [2.24, 2.45) is 10.7 Å². The predicted octanol–water partition coefficient (Wildman–Crippen LogP) is 3.38. The van der Waals surface area contributed by atoms with E-state index in [1.54, 1.807) is 6.07 Å². The maximum absolute atomic E-state index is 5.90. The molecule has 0 heterocycles. The number of halogens is 2. The van der Waals surface area contributed by atoms with Gasteiger partial charge in [0.15, 0.2) is 5.96 Å². The van der Waals surface area contributed by atoms with E-state index in [2.05, 4.69) is 18.8 Å². The van der Waals surface area contributed by atoms with Gasteiger partial charge in [-0.1, -0.05) is 17.7 Å². The van der Waals surface area contributed by atoms with Crippen molar-refractivity contribution in [1.82, 2.24) is 4.90 Å². The first-order valence-electron chi connectivity index (χ1n) is 6.53. The maximum atomic E-state index is 5.90. The molecule has 0 amide bonds. The van der Waals surface area contributed by atoms with Crippen LogP contribution >= 0.6 is 35.6 Å². The van der Waals surface area contributed by atoms with Crippen LogP contribution in [0.25, 0.3) is 0 Å². The third kappa shape index (κ3) is 6.65. The molecule has 1 unspecified atom stereocenters. The van der Waals surface area contributed by atoms with Crippen LogP contribution in [0.2, 0.25) is 5.02 Å². The smallest absolute Gasteiger partial charge is 0.191 e. The maximum Gasteiger partial charge on any atom is 0.191 e. The highest BCUT2D eigenvalue weighted by molar-refractivity contribution is 14.0. The fourth-order valence-corrected chi connectivity index (χ4v) is 1.86. The number of nitrogens with two attached hydrogens (primary N) is 1. The molecule has 0 bridgehead atoms. The minimum Gasteiger partial charge on any atom is -0.489 e. The van der Waals surface area contributed by atoms with E-state index in [0.29, 0.717) is 17.5 Å². The zero-order chi connectivity index (χ0) is 14.3. The van der Waals surface area contributed by atoms with Gasteiger partial charge in [-0.25, -0.2) is 4.99 Å². The number of aliphatic imine (C=N–C) groups is 1. The van der Waals surface area contributed by atoms with E-state index in [1.165, 1.54) is 0 Å². The van der Waals surface area contributed by atoms with Crippen LogP contribution in [0.4, 0.5) is 0 Å². The van der Waals surface area contributed by atoms with Crippen LogP contribution in [0.15, 0.2) is 29.3 Å². The topological polar surface area (TPSA) is 50.8 Å². The minimum atomic E-state index is -0.0485. The lowest BCUT2D eigenvalue weighted by molar-refractivity contribution is 0.230.